The van der Waals surface area contributed by atoms with Crippen molar-refractivity contribution >= 4 is 35.2 Å². The van der Waals surface area contributed by atoms with Gasteiger partial charge in [-0.3, -0.25) is 14.6 Å². The van der Waals surface area contributed by atoms with Crippen LogP contribution in [0.5, 0.6) is 0 Å². The van der Waals surface area contributed by atoms with Gasteiger partial charge < -0.3 is 21.3 Å². The first-order valence-corrected chi connectivity index (χ1v) is 13.1. The quantitative estimate of drug-likeness (QED) is 0.507. The van der Waals surface area contributed by atoms with Crippen LogP contribution in [0.2, 0.25) is 0 Å². The molecule has 4 heterocycles. The molecule has 4 N–H and O–H groups in total. The molecule has 9 heteroatoms. The molecule has 0 atom stereocenters. The van der Waals surface area contributed by atoms with Crippen molar-refractivity contribution in [2.24, 2.45) is 10.7 Å². The highest BCUT2D eigenvalue weighted by Crippen LogP contribution is 2.31. The molecule has 0 spiro atoms. The molecule has 2 aliphatic heterocycles. The molecule has 0 saturated carbocycles. The Kier molecular flexibility index (Phi) is 8.02. The molecule has 2 aromatic rings. The Hall–Kier alpha value is -3.59. The molecular formula is C28H37N7O2. The number of anilines is 1. The van der Waals surface area contributed by atoms with Gasteiger partial charge in [-0.15, -0.1) is 0 Å². The van der Waals surface area contributed by atoms with Crippen molar-refractivity contribution in [3.05, 3.63) is 52.5 Å². The Labute approximate surface area is 218 Å². The number of aromatic nitrogens is 2. The van der Waals surface area contributed by atoms with Crippen LogP contribution < -0.4 is 16.4 Å². The lowest BCUT2D eigenvalue weighted by atomic mass is 9.87. The predicted molar refractivity (Wildman–Crippen MR) is 147 cm³/mol. The largest absolute Gasteiger partial charge is 0.387 e. The van der Waals surface area contributed by atoms with Gasteiger partial charge in [-0.25, -0.2) is 9.98 Å². The average molecular weight is 504 g/mol. The zero-order valence-corrected chi connectivity index (χ0v) is 22.2. The van der Waals surface area contributed by atoms with Crippen LogP contribution in [0.1, 0.15) is 69.5 Å². The van der Waals surface area contributed by atoms with Gasteiger partial charge in [0, 0.05) is 55.9 Å². The van der Waals surface area contributed by atoms with Crippen LogP contribution in [-0.4, -0.2) is 52.2 Å². The number of carbonyl (C=O) groups is 2. The molecule has 9 nitrogen and oxygen atoms in total. The number of amidine groups is 1. The molecule has 0 unspecified atom stereocenters. The van der Waals surface area contributed by atoms with E-state index >= 15 is 0 Å². The van der Waals surface area contributed by atoms with Gasteiger partial charge in [-0.05, 0) is 56.5 Å². The van der Waals surface area contributed by atoms with Crippen molar-refractivity contribution in [3.63, 3.8) is 0 Å². The van der Waals surface area contributed by atoms with Crippen molar-refractivity contribution in [2.75, 3.05) is 25.0 Å². The zero-order valence-electron chi connectivity index (χ0n) is 22.2. The number of aliphatic imine (C=N–C) groups is 1. The standard InChI is InChI=1S/C28H37N7O2/c1-5-11-35(12-6-2)26(36)19-13-18-7-8-23(33-25(18)34-24(29)15-19)28(3,4)27(37)32-21-14-20-16-30-10-9-22(20)31-17-21/h7-8,13-14,17,30H,5-6,9-12,15-16H2,1-4H3,(H,32,37)(H2,29,33,34). The summed E-state index contributed by atoms with van der Waals surface area (Å²) in [5, 5.41) is 6.33. The van der Waals surface area contributed by atoms with E-state index < -0.39 is 5.41 Å². The van der Waals surface area contributed by atoms with E-state index in [4.69, 9.17) is 10.7 Å². The fraction of sp³-hybridized carbons (Fsp3) is 0.464. The van der Waals surface area contributed by atoms with E-state index in [2.05, 4.69) is 34.5 Å². The molecular weight excluding hydrogens is 466 g/mol. The van der Waals surface area contributed by atoms with Crippen LogP contribution in [0.15, 0.2) is 35.0 Å². The van der Waals surface area contributed by atoms with Crippen molar-refractivity contribution in [2.45, 2.75) is 65.3 Å². The van der Waals surface area contributed by atoms with E-state index in [1.165, 1.54) is 0 Å². The highest BCUT2D eigenvalue weighted by atomic mass is 16.2. The van der Waals surface area contributed by atoms with E-state index in [9.17, 15) is 9.59 Å². The average Bonchev–Trinajstić information content (AvgIpc) is 3.05. The fourth-order valence-corrected chi connectivity index (χ4v) is 4.63. The number of hydrogen-bond acceptors (Lipinski definition) is 7. The maximum Gasteiger partial charge on any atom is 0.250 e. The molecule has 196 valence electrons. The van der Waals surface area contributed by atoms with Gasteiger partial charge in [0.2, 0.25) is 11.8 Å². The number of rotatable bonds is 8. The molecule has 0 fully saturated rings. The maximum absolute atomic E-state index is 13.3. The van der Waals surface area contributed by atoms with Crippen molar-refractivity contribution in [1.29, 1.82) is 0 Å². The highest BCUT2D eigenvalue weighted by molar-refractivity contribution is 6.05. The number of carbonyl (C=O) groups excluding carboxylic acids is 2. The van der Waals surface area contributed by atoms with E-state index in [1.54, 1.807) is 6.20 Å². The van der Waals surface area contributed by atoms with Gasteiger partial charge in [0.1, 0.15) is 5.84 Å². The van der Waals surface area contributed by atoms with E-state index in [0.717, 1.165) is 43.6 Å². The highest BCUT2D eigenvalue weighted by Gasteiger charge is 2.33. The Bertz CT molecular complexity index is 1240. The topological polar surface area (TPSA) is 126 Å². The fourth-order valence-electron chi connectivity index (χ4n) is 4.63. The number of hydrogen-bond donors (Lipinski definition) is 3. The van der Waals surface area contributed by atoms with Gasteiger partial charge in [0.05, 0.1) is 23.0 Å². The number of fused-ring (bicyclic) bond motifs is 2. The van der Waals surface area contributed by atoms with E-state index in [0.29, 0.717) is 47.3 Å². The van der Waals surface area contributed by atoms with Crippen LogP contribution in [0.25, 0.3) is 6.08 Å². The Balaban J connectivity index is 1.58. The van der Waals surface area contributed by atoms with Crippen LogP contribution in [0, 0.1) is 0 Å². The van der Waals surface area contributed by atoms with Gasteiger partial charge in [-0.1, -0.05) is 13.8 Å². The Morgan fingerprint density at radius 2 is 1.95 bits per heavy atom. The number of nitrogens with zero attached hydrogens (tertiary/aromatic N) is 4. The molecule has 2 amide bonds. The predicted octanol–water partition coefficient (Wildman–Crippen LogP) is 3.46. The third-order valence-electron chi connectivity index (χ3n) is 6.78. The summed E-state index contributed by atoms with van der Waals surface area (Å²) in [5.41, 5.74) is 9.97. The number of nitrogens with one attached hydrogen (secondary N) is 2. The van der Waals surface area contributed by atoms with Gasteiger partial charge in [0.15, 0.2) is 5.82 Å². The van der Waals surface area contributed by atoms with Crippen LogP contribution in [-0.2, 0) is 28.0 Å². The summed E-state index contributed by atoms with van der Waals surface area (Å²) >= 11 is 0. The summed E-state index contributed by atoms with van der Waals surface area (Å²) in [4.78, 5) is 42.2. The lowest BCUT2D eigenvalue weighted by Crippen LogP contribution is -2.35. The third kappa shape index (κ3) is 5.88. The minimum Gasteiger partial charge on any atom is -0.387 e. The first kappa shape index (κ1) is 26.5. The molecule has 2 aliphatic rings. The summed E-state index contributed by atoms with van der Waals surface area (Å²) in [6, 6.07) is 5.65. The minimum absolute atomic E-state index is 0.0210. The second-order valence-electron chi connectivity index (χ2n) is 10.2. The lowest BCUT2D eigenvalue weighted by molar-refractivity contribution is -0.127. The smallest absolute Gasteiger partial charge is 0.250 e. The van der Waals surface area contributed by atoms with Crippen LogP contribution in [0.4, 0.5) is 11.5 Å². The summed E-state index contributed by atoms with van der Waals surface area (Å²) in [6.45, 7) is 10.8. The summed E-state index contributed by atoms with van der Waals surface area (Å²) in [7, 11) is 0. The minimum atomic E-state index is -0.943. The molecule has 4 rings (SSSR count). The second-order valence-corrected chi connectivity index (χ2v) is 10.2. The number of amides is 2. The number of nitrogens with two attached hydrogens (primary N) is 1. The monoisotopic (exact) mass is 503 g/mol. The normalized spacial score (nSPS) is 15.0. The summed E-state index contributed by atoms with van der Waals surface area (Å²) in [5.74, 6) is 0.522. The second kappa shape index (κ2) is 11.2. The first-order chi connectivity index (χ1) is 17.7. The van der Waals surface area contributed by atoms with Crippen molar-refractivity contribution in [1.82, 2.24) is 20.2 Å². The SMILES string of the molecule is CCCN(CCC)C(=O)C1=Cc2ccc(C(C)(C)C(=O)Nc3cnc4c(c3)CNCC4)nc2N=C(N)C1. The maximum atomic E-state index is 13.3. The Morgan fingerprint density at radius 1 is 1.19 bits per heavy atom. The van der Waals surface area contributed by atoms with Crippen molar-refractivity contribution in [3.8, 4) is 0 Å². The van der Waals surface area contributed by atoms with Crippen LogP contribution in [0.3, 0.4) is 0 Å². The number of pyridine rings is 2. The molecule has 37 heavy (non-hydrogen) atoms. The van der Waals surface area contributed by atoms with Gasteiger partial charge in [-0.2, -0.15) is 0 Å². The molecule has 0 saturated heterocycles. The van der Waals surface area contributed by atoms with Crippen LogP contribution >= 0.6 is 0 Å². The molecule has 0 aliphatic carbocycles. The molecule has 2 aromatic heterocycles. The van der Waals surface area contributed by atoms with Gasteiger partial charge >= 0.3 is 0 Å². The van der Waals surface area contributed by atoms with E-state index in [-0.39, 0.29) is 18.2 Å². The first-order valence-electron chi connectivity index (χ1n) is 13.1. The zero-order chi connectivity index (χ0) is 26.6. The summed E-state index contributed by atoms with van der Waals surface area (Å²) in [6.07, 6.45) is 6.46. The van der Waals surface area contributed by atoms with Gasteiger partial charge in [0.25, 0.3) is 0 Å². The lowest BCUT2D eigenvalue weighted by Gasteiger charge is -2.24. The molecule has 0 bridgehead atoms. The third-order valence-corrected chi connectivity index (χ3v) is 6.78. The summed E-state index contributed by atoms with van der Waals surface area (Å²) < 4.78 is 0. The Morgan fingerprint density at radius 3 is 2.68 bits per heavy atom. The molecule has 0 radical (unpaired) electrons. The molecule has 0 aromatic carbocycles. The van der Waals surface area contributed by atoms with Crippen molar-refractivity contribution < 1.29 is 9.59 Å². The van der Waals surface area contributed by atoms with E-state index in [1.807, 2.05) is 43.0 Å².